The number of ketones is 1. The Kier molecular flexibility index (Phi) is 7.81. The van der Waals surface area contributed by atoms with Crippen LogP contribution in [0.4, 0.5) is 13.2 Å². The van der Waals surface area contributed by atoms with Gasteiger partial charge in [-0.05, 0) is 74.8 Å². The zero-order valence-corrected chi connectivity index (χ0v) is 23.2. The van der Waals surface area contributed by atoms with Gasteiger partial charge < -0.3 is 4.57 Å². The van der Waals surface area contributed by atoms with Crippen molar-refractivity contribution in [2.45, 2.75) is 89.8 Å². The summed E-state index contributed by atoms with van der Waals surface area (Å²) in [5, 5.41) is 0.814. The first-order chi connectivity index (χ1) is 17.8. The number of fused-ring (bicyclic) bond motifs is 1. The molecule has 2 heterocycles. The molecule has 5 nitrogen and oxygen atoms in total. The van der Waals surface area contributed by atoms with Gasteiger partial charge in [0.05, 0.1) is 27.3 Å². The van der Waals surface area contributed by atoms with E-state index in [1.54, 1.807) is 18.3 Å². The molecule has 206 valence electrons. The van der Waals surface area contributed by atoms with Gasteiger partial charge >= 0.3 is 6.18 Å². The molecule has 4 rings (SSSR count). The minimum Gasteiger partial charge on any atom is -0.322 e. The quantitative estimate of drug-likeness (QED) is 0.242. The molecule has 0 unspecified atom stereocenters. The maximum atomic E-state index is 13.4. The van der Waals surface area contributed by atoms with Crippen molar-refractivity contribution in [3.8, 4) is 11.3 Å². The van der Waals surface area contributed by atoms with Crippen LogP contribution in [0, 0.1) is 12.3 Å². The number of hydrogen-bond acceptors (Lipinski definition) is 4. The lowest BCUT2D eigenvalue weighted by Crippen LogP contribution is -2.32. The van der Waals surface area contributed by atoms with Gasteiger partial charge in [0, 0.05) is 24.0 Å². The van der Waals surface area contributed by atoms with Crippen molar-refractivity contribution in [2.75, 3.05) is 5.75 Å². The molecule has 0 spiro atoms. The first-order valence-corrected chi connectivity index (χ1v) is 14.9. The standard InChI is InChI=1S/C29H35F3N2O3S/c1-5-8-24(35)25-23-17-19(2)18-33-27(23)34(21-9-6-10-21)26(25)20-11-13-22(14-12-20)38(36,37)16-7-15-28(3,4)29(30,31)32/h11-14,17-18,21H,5-10,15-16H2,1-4H3. The fraction of sp³-hybridized carbons (Fsp3) is 0.517. The number of carbonyl (C=O) groups excluding carboxylic acids is 1. The normalized spacial score (nSPS) is 15.1. The third-order valence-corrected chi connectivity index (χ3v) is 9.46. The van der Waals surface area contributed by atoms with E-state index in [0.29, 0.717) is 18.4 Å². The first-order valence-electron chi connectivity index (χ1n) is 13.2. The second kappa shape index (κ2) is 10.5. The Labute approximate surface area is 222 Å². The molecule has 0 saturated heterocycles. The number of alkyl halides is 3. The number of sulfone groups is 1. The molecular weight excluding hydrogens is 513 g/mol. The number of benzene rings is 1. The number of hydrogen-bond donors (Lipinski definition) is 0. The van der Waals surface area contributed by atoms with Gasteiger partial charge in [0.2, 0.25) is 0 Å². The van der Waals surface area contributed by atoms with Crippen molar-refractivity contribution in [2.24, 2.45) is 5.41 Å². The number of nitrogens with zero attached hydrogens (tertiary/aromatic N) is 2. The summed E-state index contributed by atoms with van der Waals surface area (Å²) >= 11 is 0. The van der Waals surface area contributed by atoms with Crippen LogP contribution in [0.15, 0.2) is 41.4 Å². The van der Waals surface area contributed by atoms with Gasteiger partial charge in [-0.25, -0.2) is 13.4 Å². The van der Waals surface area contributed by atoms with Crippen LogP contribution in [0.5, 0.6) is 0 Å². The Morgan fingerprint density at radius 1 is 1.13 bits per heavy atom. The van der Waals surface area contributed by atoms with Crippen molar-refractivity contribution in [3.63, 3.8) is 0 Å². The molecule has 2 aromatic heterocycles. The van der Waals surface area contributed by atoms with Crippen LogP contribution in [0.1, 0.15) is 87.7 Å². The average Bonchev–Trinajstić information content (AvgIpc) is 3.11. The Morgan fingerprint density at radius 3 is 2.34 bits per heavy atom. The summed E-state index contributed by atoms with van der Waals surface area (Å²) < 4.78 is 67.5. The van der Waals surface area contributed by atoms with E-state index in [9.17, 15) is 26.4 Å². The van der Waals surface area contributed by atoms with Crippen molar-refractivity contribution in [3.05, 3.63) is 47.7 Å². The lowest BCUT2D eigenvalue weighted by molar-refractivity contribution is -0.213. The minimum absolute atomic E-state index is 0.0296. The molecule has 0 radical (unpaired) electrons. The second-order valence-electron chi connectivity index (χ2n) is 11.1. The van der Waals surface area contributed by atoms with E-state index < -0.39 is 21.4 Å². The SMILES string of the molecule is CCCC(=O)c1c(-c2ccc(S(=O)(=O)CCCC(C)(C)C(F)(F)F)cc2)n(C2CCC2)c2ncc(C)cc12. The highest BCUT2D eigenvalue weighted by Crippen LogP contribution is 2.43. The predicted molar refractivity (Wildman–Crippen MR) is 143 cm³/mol. The van der Waals surface area contributed by atoms with E-state index >= 15 is 0 Å². The monoisotopic (exact) mass is 548 g/mol. The zero-order chi connectivity index (χ0) is 27.9. The second-order valence-corrected chi connectivity index (χ2v) is 13.2. The number of aryl methyl sites for hydroxylation is 1. The van der Waals surface area contributed by atoms with Crippen molar-refractivity contribution in [1.29, 1.82) is 0 Å². The molecule has 1 fully saturated rings. The molecule has 9 heteroatoms. The molecule has 1 aliphatic rings. The smallest absolute Gasteiger partial charge is 0.322 e. The highest BCUT2D eigenvalue weighted by atomic mass is 32.2. The number of carbonyl (C=O) groups is 1. The van der Waals surface area contributed by atoms with Gasteiger partial charge in [-0.15, -0.1) is 0 Å². The summed E-state index contributed by atoms with van der Waals surface area (Å²) in [5.41, 5.74) is 1.88. The van der Waals surface area contributed by atoms with Crippen molar-refractivity contribution >= 4 is 26.7 Å². The van der Waals surface area contributed by atoms with Gasteiger partial charge in [-0.2, -0.15) is 13.2 Å². The lowest BCUT2D eigenvalue weighted by atomic mass is 9.87. The van der Waals surface area contributed by atoms with E-state index in [2.05, 4.69) is 4.57 Å². The Hall–Kier alpha value is -2.68. The third-order valence-electron chi connectivity index (χ3n) is 7.64. The summed E-state index contributed by atoms with van der Waals surface area (Å²) in [6.07, 6.45) is 1.20. The largest absolute Gasteiger partial charge is 0.393 e. The van der Waals surface area contributed by atoms with Crippen LogP contribution >= 0.6 is 0 Å². The maximum absolute atomic E-state index is 13.4. The molecule has 0 N–H and O–H groups in total. The van der Waals surface area contributed by atoms with Crippen molar-refractivity contribution < 1.29 is 26.4 Å². The molecule has 3 aromatic rings. The molecule has 0 aliphatic heterocycles. The highest BCUT2D eigenvalue weighted by molar-refractivity contribution is 7.91. The lowest BCUT2D eigenvalue weighted by Gasteiger charge is -2.30. The topological polar surface area (TPSA) is 69.0 Å². The summed E-state index contributed by atoms with van der Waals surface area (Å²) in [7, 11) is -3.77. The molecule has 1 saturated carbocycles. The van der Waals surface area contributed by atoms with E-state index in [1.807, 2.05) is 19.9 Å². The summed E-state index contributed by atoms with van der Waals surface area (Å²) in [4.78, 5) is 18.1. The minimum atomic E-state index is -4.39. The molecule has 0 bridgehead atoms. The van der Waals surface area contributed by atoms with Gasteiger partial charge in [0.25, 0.3) is 0 Å². The van der Waals surface area contributed by atoms with E-state index in [4.69, 9.17) is 4.98 Å². The van der Waals surface area contributed by atoms with Crippen LogP contribution in [0.3, 0.4) is 0 Å². The Balaban J connectivity index is 1.71. The third kappa shape index (κ3) is 5.40. The molecule has 38 heavy (non-hydrogen) atoms. The highest BCUT2D eigenvalue weighted by Gasteiger charge is 2.46. The number of halogens is 3. The summed E-state index contributed by atoms with van der Waals surface area (Å²) in [6.45, 7) is 6.07. The van der Waals surface area contributed by atoms with Crippen LogP contribution in [-0.2, 0) is 9.84 Å². The number of Topliss-reactive ketones (excluding diaryl/α,β-unsaturated/α-hetero) is 1. The van der Waals surface area contributed by atoms with Crippen LogP contribution in [-0.4, -0.2) is 35.7 Å². The van der Waals surface area contributed by atoms with E-state index in [-0.39, 0.29) is 35.3 Å². The molecule has 1 aliphatic carbocycles. The molecule has 0 amide bonds. The average molecular weight is 549 g/mol. The molecule has 1 aromatic carbocycles. The summed E-state index contributed by atoms with van der Waals surface area (Å²) in [6, 6.07) is 8.60. The zero-order valence-electron chi connectivity index (χ0n) is 22.4. The van der Waals surface area contributed by atoms with Crippen LogP contribution in [0.25, 0.3) is 22.3 Å². The van der Waals surface area contributed by atoms with Gasteiger partial charge in [0.1, 0.15) is 5.65 Å². The van der Waals surface area contributed by atoms with E-state index in [1.165, 1.54) is 12.1 Å². The number of rotatable bonds is 10. The van der Waals surface area contributed by atoms with E-state index in [0.717, 1.165) is 61.0 Å². The number of aromatic nitrogens is 2. The number of pyridine rings is 1. The fourth-order valence-electron chi connectivity index (χ4n) is 4.99. The summed E-state index contributed by atoms with van der Waals surface area (Å²) in [5.74, 6) is -0.334. The maximum Gasteiger partial charge on any atom is 0.393 e. The van der Waals surface area contributed by atoms with Crippen LogP contribution in [0.2, 0.25) is 0 Å². The molecule has 0 atom stereocenters. The predicted octanol–water partition coefficient (Wildman–Crippen LogP) is 7.86. The molecular formula is C29H35F3N2O3S. The van der Waals surface area contributed by atoms with Gasteiger partial charge in [-0.3, -0.25) is 4.79 Å². The Morgan fingerprint density at radius 2 is 1.79 bits per heavy atom. The van der Waals surface area contributed by atoms with Gasteiger partial charge in [-0.1, -0.05) is 32.9 Å². The Bertz CT molecular complexity index is 1430. The van der Waals surface area contributed by atoms with Gasteiger partial charge in [0.15, 0.2) is 15.6 Å². The van der Waals surface area contributed by atoms with Crippen LogP contribution < -0.4 is 0 Å². The van der Waals surface area contributed by atoms with Crippen molar-refractivity contribution in [1.82, 2.24) is 9.55 Å². The first kappa shape index (κ1) is 28.3. The fourth-order valence-corrected chi connectivity index (χ4v) is 6.30.